The molecule has 0 nitrogen and oxygen atoms in total. The molecule has 136 valence electrons. The number of benzene rings is 1. The molecule has 0 bridgehead atoms. The van der Waals surface area contributed by atoms with Crippen LogP contribution in [0.2, 0.25) is 0 Å². The van der Waals surface area contributed by atoms with Gasteiger partial charge in [0.05, 0.1) is 4.87 Å². The quantitative estimate of drug-likeness (QED) is 0.352. The molecule has 9 heteroatoms. The highest BCUT2D eigenvalue weighted by atomic mass is 35.6. The van der Waals surface area contributed by atoms with Crippen LogP contribution in [-0.2, 0) is 5.41 Å². The number of rotatable bonds is 2. The first-order chi connectivity index (χ1) is 10.6. The number of alkyl halides is 9. The van der Waals surface area contributed by atoms with Gasteiger partial charge in [0.2, 0.25) is 0 Å². The molecule has 0 spiro atoms. The summed E-state index contributed by atoms with van der Waals surface area (Å²) in [5, 5.41) is 0. The average Bonchev–Trinajstić information content (AvgIpc) is 2.45. The van der Waals surface area contributed by atoms with Gasteiger partial charge in [-0.2, -0.15) is 0 Å². The van der Waals surface area contributed by atoms with Crippen molar-refractivity contribution in [2.45, 2.75) is 47.9 Å². The van der Waals surface area contributed by atoms with Crippen LogP contribution in [0.4, 0.5) is 0 Å². The molecule has 1 unspecified atom stereocenters. The van der Waals surface area contributed by atoms with E-state index in [-0.39, 0.29) is 6.42 Å². The van der Waals surface area contributed by atoms with Crippen molar-refractivity contribution in [2.24, 2.45) is 0 Å². The van der Waals surface area contributed by atoms with Crippen LogP contribution in [-0.4, -0.2) is 22.2 Å². The van der Waals surface area contributed by atoms with Crippen LogP contribution >= 0.6 is 104 Å². The molecule has 2 rings (SSSR count). The molecule has 0 amide bonds. The van der Waals surface area contributed by atoms with Crippen molar-refractivity contribution in [3.8, 4) is 0 Å². The summed E-state index contributed by atoms with van der Waals surface area (Å²) in [6.07, 6.45) is -0.159. The summed E-state index contributed by atoms with van der Waals surface area (Å²) in [4.78, 5) is -1.50. The van der Waals surface area contributed by atoms with Gasteiger partial charge in [-0.05, 0) is 5.56 Å². The summed E-state index contributed by atoms with van der Waals surface area (Å²) in [6, 6.07) is 9.36. The van der Waals surface area contributed by atoms with Crippen LogP contribution < -0.4 is 0 Å². The zero-order valence-corrected chi connectivity index (χ0v) is 19.3. The van der Waals surface area contributed by atoms with Gasteiger partial charge in [0.15, 0.2) is 17.3 Å². The van der Waals surface area contributed by atoms with Crippen molar-refractivity contribution in [2.75, 3.05) is 0 Å². The maximum Gasteiger partial charge on any atom is 0.188 e. The Bertz CT molecular complexity index is 621. The van der Waals surface area contributed by atoms with Gasteiger partial charge in [0, 0.05) is 11.8 Å². The molecular weight excluding hydrogens is 499 g/mol. The Morgan fingerprint density at radius 1 is 0.708 bits per heavy atom. The highest BCUT2D eigenvalue weighted by molar-refractivity contribution is 6.75. The third-order valence-electron chi connectivity index (χ3n) is 4.70. The lowest BCUT2D eigenvalue weighted by Crippen LogP contribution is -2.75. The largest absolute Gasteiger partial charge is 0.188 e. The molecule has 1 aromatic rings. The molecule has 0 radical (unpaired) electrons. The zero-order chi connectivity index (χ0) is 18.8. The van der Waals surface area contributed by atoms with Crippen molar-refractivity contribution >= 4 is 104 Å². The predicted octanol–water partition coefficient (Wildman–Crippen LogP) is 8.04. The smallest absolute Gasteiger partial charge is 0.115 e. The van der Waals surface area contributed by atoms with Gasteiger partial charge >= 0.3 is 0 Å². The van der Waals surface area contributed by atoms with E-state index in [1.165, 1.54) is 0 Å². The third kappa shape index (κ3) is 2.78. The first-order valence-corrected chi connectivity index (χ1v) is 10.2. The van der Waals surface area contributed by atoms with Gasteiger partial charge in [0.25, 0.3) is 0 Å². The molecule has 0 aromatic heterocycles. The molecule has 1 aliphatic carbocycles. The monoisotopic (exact) mass is 508 g/mol. The molecule has 1 atom stereocenters. The highest BCUT2D eigenvalue weighted by Gasteiger charge is 2.81. The first-order valence-electron chi connectivity index (χ1n) is 6.82. The van der Waals surface area contributed by atoms with Crippen LogP contribution in [0.5, 0.6) is 0 Å². The summed E-state index contributed by atoms with van der Waals surface area (Å²) in [6.45, 7) is 3.69. The van der Waals surface area contributed by atoms with Crippen LogP contribution in [0, 0.1) is 0 Å². The minimum atomic E-state index is -2.16. The summed E-state index contributed by atoms with van der Waals surface area (Å²) < 4.78 is -8.02. The lowest BCUT2D eigenvalue weighted by molar-refractivity contribution is 0.226. The first kappa shape index (κ1) is 22.1. The van der Waals surface area contributed by atoms with Crippen molar-refractivity contribution in [3.05, 3.63) is 35.9 Å². The minimum Gasteiger partial charge on any atom is -0.115 e. The summed E-state index contributed by atoms with van der Waals surface area (Å²) >= 11 is 58.3. The Morgan fingerprint density at radius 3 is 1.62 bits per heavy atom. The fourth-order valence-electron chi connectivity index (χ4n) is 2.90. The van der Waals surface area contributed by atoms with Gasteiger partial charge in [-0.3, -0.25) is 0 Å². The Labute approximate surface area is 186 Å². The second-order valence-electron chi connectivity index (χ2n) is 6.40. The van der Waals surface area contributed by atoms with E-state index in [2.05, 4.69) is 0 Å². The summed E-state index contributed by atoms with van der Waals surface area (Å²) in [5.74, 6) is 0. The highest BCUT2D eigenvalue weighted by Crippen LogP contribution is 2.74. The summed E-state index contributed by atoms with van der Waals surface area (Å²) in [7, 11) is 0. The number of hydrogen-bond acceptors (Lipinski definition) is 0. The van der Waals surface area contributed by atoms with Crippen molar-refractivity contribution in [1.82, 2.24) is 0 Å². The maximum atomic E-state index is 6.97. The normalized spacial score (nSPS) is 30.8. The molecule has 24 heavy (non-hydrogen) atoms. The Kier molecular flexibility index (Phi) is 5.93. The van der Waals surface area contributed by atoms with Gasteiger partial charge in [-0.1, -0.05) is 137 Å². The molecule has 0 saturated heterocycles. The molecule has 0 heterocycles. The van der Waals surface area contributed by atoms with Crippen LogP contribution in [0.1, 0.15) is 25.8 Å². The van der Waals surface area contributed by atoms with Crippen molar-refractivity contribution in [1.29, 1.82) is 0 Å². The van der Waals surface area contributed by atoms with E-state index in [0.717, 1.165) is 5.56 Å². The van der Waals surface area contributed by atoms with Crippen molar-refractivity contribution < 1.29 is 0 Å². The molecule has 0 N–H and O–H groups in total. The second kappa shape index (κ2) is 6.43. The summed E-state index contributed by atoms with van der Waals surface area (Å²) in [5.41, 5.74) is 0.00351. The molecule has 0 aliphatic heterocycles. The van der Waals surface area contributed by atoms with E-state index in [0.29, 0.717) is 0 Å². The van der Waals surface area contributed by atoms with Crippen molar-refractivity contribution in [3.63, 3.8) is 0 Å². The predicted molar refractivity (Wildman–Crippen MR) is 110 cm³/mol. The van der Waals surface area contributed by atoms with E-state index >= 15 is 0 Å². The zero-order valence-electron chi connectivity index (χ0n) is 12.5. The van der Waals surface area contributed by atoms with E-state index in [1.807, 2.05) is 44.2 Å². The second-order valence-corrected chi connectivity index (χ2v) is 12.5. The minimum absolute atomic E-state index is 0.159. The molecular formula is C15H13Cl9. The van der Waals surface area contributed by atoms with Gasteiger partial charge in [0.1, 0.15) is 0 Å². The average molecular weight is 512 g/mol. The van der Waals surface area contributed by atoms with Gasteiger partial charge in [-0.25, -0.2) is 0 Å². The van der Waals surface area contributed by atoms with Crippen LogP contribution in [0.3, 0.4) is 0 Å². The van der Waals surface area contributed by atoms with Crippen LogP contribution in [0.15, 0.2) is 30.3 Å². The lowest BCUT2D eigenvalue weighted by atomic mass is 9.65. The Balaban J connectivity index is 2.72. The van der Waals surface area contributed by atoms with Crippen LogP contribution in [0.25, 0.3) is 0 Å². The van der Waals surface area contributed by atoms with E-state index in [1.54, 1.807) is 0 Å². The van der Waals surface area contributed by atoms with E-state index in [9.17, 15) is 0 Å². The maximum absolute atomic E-state index is 6.97. The molecule has 1 aliphatic rings. The standard InChI is InChI=1S/C15H13Cl9/c1-10(2,9-6-4-3-5-7-9)11(16)8-12(17,18)14(21,22)15(23,24)13(11,19)20/h3-7H,8H2,1-2H3. The number of halogens is 9. The molecule has 1 saturated carbocycles. The molecule has 1 fully saturated rings. The van der Waals surface area contributed by atoms with Gasteiger partial charge < -0.3 is 0 Å². The van der Waals surface area contributed by atoms with E-state index in [4.69, 9.17) is 104 Å². The topological polar surface area (TPSA) is 0 Å². The fourth-order valence-corrected chi connectivity index (χ4v) is 6.61. The van der Waals surface area contributed by atoms with Gasteiger partial charge in [-0.15, -0.1) is 11.6 Å². The molecule has 1 aromatic carbocycles. The lowest BCUT2D eigenvalue weighted by Gasteiger charge is -2.62. The van der Waals surface area contributed by atoms with E-state index < -0.39 is 27.6 Å². The third-order valence-corrected chi connectivity index (χ3v) is 11.3. The number of hydrogen-bond donors (Lipinski definition) is 0. The SMILES string of the molecule is CC(C)(c1ccccc1)C1(Cl)CC(Cl)(Cl)C(Cl)(Cl)C(Cl)(Cl)C1(Cl)Cl. The fraction of sp³-hybridized carbons (Fsp3) is 0.600. The Morgan fingerprint density at radius 2 is 1.17 bits per heavy atom. The Hall–Kier alpha value is 1.83.